The van der Waals surface area contributed by atoms with Crippen LogP contribution in [0.3, 0.4) is 0 Å². The van der Waals surface area contributed by atoms with Gasteiger partial charge < -0.3 is 15.5 Å². The molecule has 3 N–H and O–H groups in total. The Morgan fingerprint density at radius 3 is 2.32 bits per heavy atom. The molecule has 1 aromatic heterocycles. The third-order valence-electron chi connectivity index (χ3n) is 2.93. The second kappa shape index (κ2) is 6.08. The number of carboxylic acids is 2. The number of amides is 1. The Balaban J connectivity index is 2.07. The molecule has 0 saturated carbocycles. The van der Waals surface area contributed by atoms with Crippen LogP contribution in [0.25, 0.3) is 0 Å². The van der Waals surface area contributed by atoms with Gasteiger partial charge in [0.05, 0.1) is 5.56 Å². The summed E-state index contributed by atoms with van der Waals surface area (Å²) in [5, 5.41) is 24.2. The fourth-order valence-corrected chi connectivity index (χ4v) is 1.84. The Hall–Kier alpha value is -3.16. The van der Waals surface area contributed by atoms with Crippen molar-refractivity contribution in [2.45, 2.75) is 6.54 Å². The van der Waals surface area contributed by atoms with Crippen LogP contribution in [0.4, 0.5) is 0 Å². The van der Waals surface area contributed by atoms with Crippen LogP contribution < -0.4 is 5.32 Å². The van der Waals surface area contributed by atoms with Gasteiger partial charge in [-0.2, -0.15) is 5.10 Å². The topological polar surface area (TPSA) is 122 Å². The molecular formula is C14H13N3O5. The van der Waals surface area contributed by atoms with Crippen LogP contribution in [0.1, 0.15) is 36.8 Å². The number of hydrogen-bond donors (Lipinski definition) is 3. The third-order valence-corrected chi connectivity index (χ3v) is 2.93. The van der Waals surface area contributed by atoms with Crippen LogP contribution in [-0.4, -0.2) is 37.8 Å². The number of nitrogens with zero attached hydrogens (tertiary/aromatic N) is 2. The zero-order chi connectivity index (χ0) is 16.3. The van der Waals surface area contributed by atoms with Crippen LogP contribution in [0.5, 0.6) is 0 Å². The molecule has 8 heteroatoms. The van der Waals surface area contributed by atoms with Gasteiger partial charge in [0.2, 0.25) is 0 Å². The molecule has 22 heavy (non-hydrogen) atoms. The number of carbonyl (C=O) groups excluding carboxylic acids is 1. The fourth-order valence-electron chi connectivity index (χ4n) is 1.84. The van der Waals surface area contributed by atoms with Gasteiger partial charge in [0.15, 0.2) is 5.69 Å². The second-order valence-corrected chi connectivity index (χ2v) is 4.55. The van der Waals surface area contributed by atoms with Gasteiger partial charge in [-0.1, -0.05) is 12.1 Å². The van der Waals surface area contributed by atoms with E-state index >= 15 is 0 Å². The van der Waals surface area contributed by atoms with Crippen molar-refractivity contribution in [3.63, 3.8) is 0 Å². The lowest BCUT2D eigenvalue weighted by Crippen LogP contribution is -2.25. The highest BCUT2D eigenvalue weighted by atomic mass is 16.4. The lowest BCUT2D eigenvalue weighted by molar-refractivity contribution is 0.0684. The molecule has 0 spiro atoms. The summed E-state index contributed by atoms with van der Waals surface area (Å²) in [7, 11) is 1.52. The summed E-state index contributed by atoms with van der Waals surface area (Å²) < 4.78 is 1.25. The Kier molecular flexibility index (Phi) is 4.21. The fraction of sp³-hybridized carbons (Fsp3) is 0.143. The van der Waals surface area contributed by atoms with E-state index in [0.717, 1.165) is 0 Å². The van der Waals surface area contributed by atoms with Crippen molar-refractivity contribution in [1.29, 1.82) is 0 Å². The first-order valence-electron chi connectivity index (χ1n) is 6.26. The number of aromatic nitrogens is 2. The van der Waals surface area contributed by atoms with Crippen LogP contribution in [0.15, 0.2) is 30.5 Å². The summed E-state index contributed by atoms with van der Waals surface area (Å²) in [6.45, 7) is 0.133. The summed E-state index contributed by atoms with van der Waals surface area (Å²) in [5.74, 6) is -2.88. The van der Waals surface area contributed by atoms with Gasteiger partial charge in [0.1, 0.15) is 5.56 Å². The van der Waals surface area contributed by atoms with E-state index in [1.54, 1.807) is 12.1 Å². The molecule has 1 heterocycles. The van der Waals surface area contributed by atoms with Gasteiger partial charge in [-0.25, -0.2) is 9.59 Å². The molecule has 0 fully saturated rings. The molecule has 0 aliphatic carbocycles. The standard InChI is InChI=1S/C14H13N3O5/c1-17-7-10(14(21)22)11(16-17)12(18)15-6-8-2-4-9(5-3-8)13(19)20/h2-5,7H,6H2,1H3,(H,15,18)(H,19,20)(H,21,22). The number of aryl methyl sites for hydroxylation is 1. The zero-order valence-electron chi connectivity index (χ0n) is 11.6. The van der Waals surface area contributed by atoms with Crippen molar-refractivity contribution in [2.75, 3.05) is 0 Å². The molecule has 0 aliphatic heterocycles. The van der Waals surface area contributed by atoms with Gasteiger partial charge in [-0.15, -0.1) is 0 Å². The van der Waals surface area contributed by atoms with Crippen LogP contribution in [0.2, 0.25) is 0 Å². The highest BCUT2D eigenvalue weighted by Gasteiger charge is 2.20. The van der Waals surface area contributed by atoms with Crippen LogP contribution >= 0.6 is 0 Å². The van der Waals surface area contributed by atoms with E-state index in [9.17, 15) is 14.4 Å². The van der Waals surface area contributed by atoms with Crippen molar-refractivity contribution in [1.82, 2.24) is 15.1 Å². The number of carboxylic acid groups (broad SMARTS) is 2. The first kappa shape index (κ1) is 15.2. The number of hydrogen-bond acceptors (Lipinski definition) is 4. The molecule has 1 amide bonds. The molecule has 0 atom stereocenters. The minimum atomic E-state index is -1.23. The molecule has 0 bridgehead atoms. The Labute approximate surface area is 125 Å². The highest BCUT2D eigenvalue weighted by Crippen LogP contribution is 2.08. The quantitative estimate of drug-likeness (QED) is 0.749. The Morgan fingerprint density at radius 1 is 1.14 bits per heavy atom. The average molecular weight is 303 g/mol. The minimum Gasteiger partial charge on any atom is -0.478 e. The molecule has 2 aromatic rings. The van der Waals surface area contributed by atoms with Crippen molar-refractivity contribution in [3.05, 3.63) is 52.8 Å². The molecule has 0 saturated heterocycles. The molecule has 2 rings (SSSR count). The Bertz CT molecular complexity index is 733. The largest absolute Gasteiger partial charge is 0.478 e. The smallest absolute Gasteiger partial charge is 0.339 e. The van der Waals surface area contributed by atoms with E-state index in [1.165, 1.54) is 30.1 Å². The first-order valence-corrected chi connectivity index (χ1v) is 6.26. The summed E-state index contributed by atoms with van der Waals surface area (Å²) in [6.07, 6.45) is 1.25. The third kappa shape index (κ3) is 3.29. The lowest BCUT2D eigenvalue weighted by Gasteiger charge is -2.04. The first-order chi connectivity index (χ1) is 10.4. The summed E-state index contributed by atoms with van der Waals surface area (Å²) >= 11 is 0. The monoisotopic (exact) mass is 303 g/mol. The normalized spacial score (nSPS) is 10.2. The molecule has 114 valence electrons. The molecule has 0 unspecified atom stereocenters. The number of carbonyl (C=O) groups is 3. The van der Waals surface area contributed by atoms with E-state index < -0.39 is 17.8 Å². The van der Waals surface area contributed by atoms with E-state index in [0.29, 0.717) is 5.56 Å². The average Bonchev–Trinajstić information content (AvgIpc) is 2.87. The van der Waals surface area contributed by atoms with E-state index in [1.807, 2.05) is 0 Å². The van der Waals surface area contributed by atoms with Crippen molar-refractivity contribution in [3.8, 4) is 0 Å². The second-order valence-electron chi connectivity index (χ2n) is 4.55. The van der Waals surface area contributed by atoms with Crippen molar-refractivity contribution < 1.29 is 24.6 Å². The predicted molar refractivity (Wildman–Crippen MR) is 74.7 cm³/mol. The van der Waals surface area contributed by atoms with E-state index in [-0.39, 0.29) is 23.4 Å². The maximum absolute atomic E-state index is 12.0. The molecule has 0 aliphatic rings. The number of rotatable bonds is 5. The SMILES string of the molecule is Cn1cc(C(=O)O)c(C(=O)NCc2ccc(C(=O)O)cc2)n1. The van der Waals surface area contributed by atoms with Gasteiger partial charge >= 0.3 is 11.9 Å². The highest BCUT2D eigenvalue weighted by molar-refractivity contribution is 6.03. The maximum atomic E-state index is 12.0. The Morgan fingerprint density at radius 2 is 1.77 bits per heavy atom. The molecule has 0 radical (unpaired) electrons. The van der Waals surface area contributed by atoms with Gasteiger partial charge in [0.25, 0.3) is 5.91 Å². The molecular weight excluding hydrogens is 290 g/mol. The van der Waals surface area contributed by atoms with Crippen LogP contribution in [-0.2, 0) is 13.6 Å². The summed E-state index contributed by atoms with van der Waals surface area (Å²) in [5.41, 5.74) is 0.484. The maximum Gasteiger partial charge on any atom is 0.339 e. The van der Waals surface area contributed by atoms with Gasteiger partial charge in [0, 0.05) is 19.8 Å². The van der Waals surface area contributed by atoms with Crippen LogP contribution in [0, 0.1) is 0 Å². The number of aromatic carboxylic acids is 2. The van der Waals surface area contributed by atoms with Gasteiger partial charge in [-0.05, 0) is 17.7 Å². The number of benzene rings is 1. The van der Waals surface area contributed by atoms with E-state index in [2.05, 4.69) is 10.4 Å². The zero-order valence-corrected chi connectivity index (χ0v) is 11.6. The van der Waals surface area contributed by atoms with Crippen molar-refractivity contribution in [2.24, 2.45) is 7.05 Å². The number of nitrogens with one attached hydrogen (secondary N) is 1. The molecule has 1 aromatic carbocycles. The van der Waals surface area contributed by atoms with E-state index in [4.69, 9.17) is 10.2 Å². The predicted octanol–water partition coefficient (Wildman–Crippen LogP) is 0.746. The molecule has 8 nitrogen and oxygen atoms in total. The minimum absolute atomic E-state index is 0.133. The summed E-state index contributed by atoms with van der Waals surface area (Å²) in [4.78, 5) is 33.7. The van der Waals surface area contributed by atoms with Crippen molar-refractivity contribution >= 4 is 17.8 Å². The van der Waals surface area contributed by atoms with Gasteiger partial charge in [-0.3, -0.25) is 9.48 Å². The summed E-state index contributed by atoms with van der Waals surface area (Å²) in [6, 6.07) is 5.99. The lowest BCUT2D eigenvalue weighted by atomic mass is 10.1.